The quantitative estimate of drug-likeness (QED) is 0.761. The van der Waals surface area contributed by atoms with Crippen molar-refractivity contribution in [2.75, 3.05) is 23.5 Å². The van der Waals surface area contributed by atoms with Gasteiger partial charge >= 0.3 is 10.2 Å². The molecule has 0 aliphatic heterocycles. The molecule has 0 bridgehead atoms. The molecule has 108 valence electrons. The molecular formula is C12H20ClN3O2S. The smallest absolute Gasteiger partial charge is 0.301 e. The van der Waals surface area contributed by atoms with E-state index in [9.17, 15) is 8.42 Å². The highest BCUT2D eigenvalue weighted by atomic mass is 35.5. The van der Waals surface area contributed by atoms with E-state index in [0.717, 1.165) is 12.8 Å². The van der Waals surface area contributed by atoms with E-state index >= 15 is 0 Å². The minimum atomic E-state index is -3.60. The lowest BCUT2D eigenvalue weighted by Gasteiger charge is -2.22. The van der Waals surface area contributed by atoms with Gasteiger partial charge in [0.2, 0.25) is 0 Å². The number of nitrogen functional groups attached to an aromatic ring is 1. The number of rotatable bonds is 7. The van der Waals surface area contributed by atoms with Crippen LogP contribution in [0.15, 0.2) is 18.2 Å². The zero-order valence-electron chi connectivity index (χ0n) is 11.2. The van der Waals surface area contributed by atoms with Crippen LogP contribution >= 0.6 is 11.6 Å². The number of nitrogens with zero attached hydrogens (tertiary/aromatic N) is 1. The van der Waals surface area contributed by atoms with E-state index in [2.05, 4.69) is 4.72 Å². The highest BCUT2D eigenvalue weighted by Gasteiger charge is 2.21. The van der Waals surface area contributed by atoms with Crippen LogP contribution < -0.4 is 10.5 Å². The highest BCUT2D eigenvalue weighted by Crippen LogP contribution is 2.25. The first kappa shape index (κ1) is 16.1. The van der Waals surface area contributed by atoms with Crippen molar-refractivity contribution >= 4 is 33.2 Å². The van der Waals surface area contributed by atoms with E-state index in [0.29, 0.717) is 29.5 Å². The fourth-order valence-corrected chi connectivity index (χ4v) is 3.32. The number of hydrogen-bond acceptors (Lipinski definition) is 3. The number of anilines is 2. The molecule has 0 aliphatic carbocycles. The Bertz CT molecular complexity index is 514. The van der Waals surface area contributed by atoms with Crippen LogP contribution in [-0.2, 0) is 10.2 Å². The number of nitrogens with one attached hydrogen (secondary N) is 1. The fourth-order valence-electron chi connectivity index (χ4n) is 1.68. The first-order valence-corrected chi connectivity index (χ1v) is 8.05. The van der Waals surface area contributed by atoms with Crippen LogP contribution in [0.4, 0.5) is 11.4 Å². The third-order valence-corrected chi connectivity index (χ3v) is 4.37. The molecule has 1 aromatic carbocycles. The monoisotopic (exact) mass is 305 g/mol. The summed E-state index contributed by atoms with van der Waals surface area (Å²) in [5.74, 6) is 0. The summed E-state index contributed by atoms with van der Waals surface area (Å²) in [5.41, 5.74) is 6.40. The maximum Gasteiger partial charge on any atom is 0.301 e. The number of nitrogens with two attached hydrogens (primary N) is 1. The summed E-state index contributed by atoms with van der Waals surface area (Å²) in [6.45, 7) is 4.82. The van der Waals surface area contributed by atoms with Gasteiger partial charge in [-0.15, -0.1) is 0 Å². The molecule has 7 heteroatoms. The first-order chi connectivity index (χ1) is 8.90. The molecule has 0 aliphatic rings. The van der Waals surface area contributed by atoms with E-state index < -0.39 is 10.2 Å². The van der Waals surface area contributed by atoms with E-state index in [1.54, 1.807) is 12.1 Å². The summed E-state index contributed by atoms with van der Waals surface area (Å²) in [5, 5.41) is 0.325. The summed E-state index contributed by atoms with van der Waals surface area (Å²) in [7, 11) is -3.60. The predicted molar refractivity (Wildman–Crippen MR) is 80.6 cm³/mol. The molecule has 1 aromatic rings. The lowest BCUT2D eigenvalue weighted by atomic mass is 10.3. The van der Waals surface area contributed by atoms with Crippen molar-refractivity contribution in [3.8, 4) is 0 Å². The number of benzene rings is 1. The van der Waals surface area contributed by atoms with Crippen LogP contribution in [0.5, 0.6) is 0 Å². The Morgan fingerprint density at radius 3 is 2.37 bits per heavy atom. The van der Waals surface area contributed by atoms with Crippen molar-refractivity contribution in [3.63, 3.8) is 0 Å². The molecule has 0 spiro atoms. The van der Waals surface area contributed by atoms with E-state index in [4.69, 9.17) is 17.3 Å². The molecule has 0 heterocycles. The Morgan fingerprint density at radius 1 is 1.26 bits per heavy atom. The van der Waals surface area contributed by atoms with Gasteiger partial charge in [0.25, 0.3) is 0 Å². The van der Waals surface area contributed by atoms with Crippen LogP contribution in [0.3, 0.4) is 0 Å². The standard InChI is InChI=1S/C12H20ClN3O2S/c1-3-7-16(8-4-2)19(17,18)15-12-9-10(14)5-6-11(12)13/h5-6,9,15H,3-4,7-8,14H2,1-2H3. The molecule has 0 aromatic heterocycles. The van der Waals surface area contributed by atoms with Gasteiger partial charge in [0, 0.05) is 18.8 Å². The minimum Gasteiger partial charge on any atom is -0.399 e. The van der Waals surface area contributed by atoms with Gasteiger partial charge in [0.15, 0.2) is 0 Å². The van der Waals surface area contributed by atoms with Crippen LogP contribution in [0, 0.1) is 0 Å². The van der Waals surface area contributed by atoms with E-state index in [1.165, 1.54) is 10.4 Å². The van der Waals surface area contributed by atoms with Crippen LogP contribution in [-0.4, -0.2) is 25.8 Å². The van der Waals surface area contributed by atoms with Gasteiger partial charge in [-0.25, -0.2) is 0 Å². The highest BCUT2D eigenvalue weighted by molar-refractivity contribution is 7.90. The molecule has 19 heavy (non-hydrogen) atoms. The molecular weight excluding hydrogens is 286 g/mol. The zero-order valence-corrected chi connectivity index (χ0v) is 12.8. The summed E-state index contributed by atoms with van der Waals surface area (Å²) < 4.78 is 28.4. The van der Waals surface area contributed by atoms with Crippen molar-refractivity contribution in [1.29, 1.82) is 0 Å². The normalized spacial score (nSPS) is 11.8. The lowest BCUT2D eigenvalue weighted by Crippen LogP contribution is -2.37. The van der Waals surface area contributed by atoms with Gasteiger partial charge in [-0.2, -0.15) is 12.7 Å². The maximum absolute atomic E-state index is 12.3. The van der Waals surface area contributed by atoms with E-state index in [-0.39, 0.29) is 0 Å². The maximum atomic E-state index is 12.3. The number of hydrogen-bond donors (Lipinski definition) is 2. The van der Waals surface area contributed by atoms with Crippen molar-refractivity contribution in [2.45, 2.75) is 26.7 Å². The second-order valence-electron chi connectivity index (χ2n) is 4.25. The second-order valence-corrected chi connectivity index (χ2v) is 6.32. The molecule has 0 unspecified atom stereocenters. The molecule has 3 N–H and O–H groups in total. The average molecular weight is 306 g/mol. The van der Waals surface area contributed by atoms with Crippen molar-refractivity contribution in [1.82, 2.24) is 4.31 Å². The van der Waals surface area contributed by atoms with Gasteiger partial charge in [-0.05, 0) is 31.0 Å². The lowest BCUT2D eigenvalue weighted by molar-refractivity contribution is 0.413. The molecule has 0 radical (unpaired) electrons. The average Bonchev–Trinajstić information content (AvgIpc) is 2.33. The third kappa shape index (κ3) is 4.56. The second kappa shape index (κ2) is 6.98. The molecule has 0 fully saturated rings. The molecule has 0 amide bonds. The SMILES string of the molecule is CCCN(CCC)S(=O)(=O)Nc1cc(N)ccc1Cl. The Balaban J connectivity index is 2.96. The Morgan fingerprint density at radius 2 is 1.84 bits per heavy atom. The van der Waals surface area contributed by atoms with Gasteiger partial charge in [0.1, 0.15) is 0 Å². The zero-order chi connectivity index (χ0) is 14.5. The van der Waals surface area contributed by atoms with E-state index in [1.807, 2.05) is 13.8 Å². The van der Waals surface area contributed by atoms with Crippen LogP contribution in [0.2, 0.25) is 5.02 Å². The third-order valence-electron chi connectivity index (χ3n) is 2.52. The van der Waals surface area contributed by atoms with Gasteiger partial charge in [0.05, 0.1) is 10.7 Å². The summed E-state index contributed by atoms with van der Waals surface area (Å²) in [6.07, 6.45) is 1.51. The van der Waals surface area contributed by atoms with Gasteiger partial charge in [-0.3, -0.25) is 4.72 Å². The Labute approximate surface area is 119 Å². The van der Waals surface area contributed by atoms with Crippen LogP contribution in [0.1, 0.15) is 26.7 Å². The van der Waals surface area contributed by atoms with Crippen LogP contribution in [0.25, 0.3) is 0 Å². The minimum absolute atomic E-state index is 0.305. The molecule has 5 nitrogen and oxygen atoms in total. The van der Waals surface area contributed by atoms with Crippen molar-refractivity contribution in [3.05, 3.63) is 23.2 Å². The summed E-state index contributed by atoms with van der Waals surface area (Å²) in [6, 6.07) is 4.70. The fraction of sp³-hybridized carbons (Fsp3) is 0.500. The van der Waals surface area contributed by atoms with Gasteiger partial charge < -0.3 is 5.73 Å². The predicted octanol–water partition coefficient (Wildman–Crippen LogP) is 2.70. The van der Waals surface area contributed by atoms with Crippen molar-refractivity contribution in [2.24, 2.45) is 0 Å². The van der Waals surface area contributed by atoms with Crippen molar-refractivity contribution < 1.29 is 8.42 Å². The topological polar surface area (TPSA) is 75.4 Å². The first-order valence-electron chi connectivity index (χ1n) is 6.23. The molecule has 1 rings (SSSR count). The van der Waals surface area contributed by atoms with Gasteiger partial charge in [-0.1, -0.05) is 25.4 Å². The Hall–Kier alpha value is -0.980. The molecule has 0 saturated heterocycles. The summed E-state index contributed by atoms with van der Waals surface area (Å²) >= 11 is 5.96. The Kier molecular flexibility index (Phi) is 5.90. The largest absolute Gasteiger partial charge is 0.399 e. The summed E-state index contributed by atoms with van der Waals surface area (Å²) in [4.78, 5) is 0. The number of halogens is 1. The molecule has 0 saturated carbocycles. The molecule has 0 atom stereocenters.